The number of thioether (sulfide) groups is 1. The number of ether oxygens (including phenoxy) is 1. The summed E-state index contributed by atoms with van der Waals surface area (Å²) in [6.07, 6.45) is 0. The van der Waals surface area contributed by atoms with Gasteiger partial charge in [0.1, 0.15) is 17.2 Å². The minimum atomic E-state index is -1.10. The van der Waals surface area contributed by atoms with Crippen LogP contribution in [-0.2, 0) is 6.54 Å². The Bertz CT molecular complexity index is 1550. The second kappa shape index (κ2) is 11.3. The number of nitrogens with zero attached hydrogens (tertiary/aromatic N) is 1. The van der Waals surface area contributed by atoms with E-state index >= 15 is 0 Å². The number of nitrogens with one attached hydrogen (secondary N) is 1. The lowest BCUT2D eigenvalue weighted by atomic mass is 10.0. The Kier molecular flexibility index (Phi) is 7.87. The maximum Gasteiger partial charge on any atom is 0.336 e. The molecule has 8 nitrogen and oxygen atoms in total. The molecule has 2 amide bonds. The normalized spacial score (nSPS) is 10.7. The molecule has 38 heavy (non-hydrogen) atoms. The predicted molar refractivity (Wildman–Crippen MR) is 146 cm³/mol. The van der Waals surface area contributed by atoms with Crippen molar-refractivity contribution < 1.29 is 29.3 Å². The SMILES string of the molecule is CNC(=O)c1cc(Oc2ccc(C)cc2CN(C)C(=O)Sc2ccccc2C(=O)O)c2ccccc2c1O. The lowest BCUT2D eigenvalue weighted by Gasteiger charge is -2.20. The van der Waals surface area contributed by atoms with Crippen LogP contribution in [-0.4, -0.2) is 46.3 Å². The second-order valence-electron chi connectivity index (χ2n) is 8.63. The van der Waals surface area contributed by atoms with Crippen molar-refractivity contribution in [1.82, 2.24) is 10.2 Å². The van der Waals surface area contributed by atoms with E-state index in [2.05, 4.69) is 5.32 Å². The molecule has 9 heteroatoms. The minimum absolute atomic E-state index is 0.0601. The Morgan fingerprint density at radius 2 is 1.61 bits per heavy atom. The summed E-state index contributed by atoms with van der Waals surface area (Å²) < 4.78 is 6.30. The molecule has 0 unspecified atom stereocenters. The quantitative estimate of drug-likeness (QED) is 0.249. The second-order valence-corrected chi connectivity index (χ2v) is 9.63. The Labute approximate surface area is 223 Å². The van der Waals surface area contributed by atoms with Gasteiger partial charge in [0, 0.05) is 41.9 Å². The van der Waals surface area contributed by atoms with E-state index in [4.69, 9.17) is 4.74 Å². The molecule has 0 atom stereocenters. The topological polar surface area (TPSA) is 116 Å². The number of aromatic carboxylic acids is 1. The minimum Gasteiger partial charge on any atom is -0.506 e. The number of phenols is 1. The number of carbonyl (C=O) groups excluding carboxylic acids is 2. The van der Waals surface area contributed by atoms with E-state index in [0.717, 1.165) is 17.3 Å². The number of hydrogen-bond acceptors (Lipinski definition) is 6. The van der Waals surface area contributed by atoms with Gasteiger partial charge in [-0.05, 0) is 43.0 Å². The molecule has 0 heterocycles. The van der Waals surface area contributed by atoms with Crippen LogP contribution in [0.2, 0.25) is 0 Å². The van der Waals surface area contributed by atoms with Crippen molar-refractivity contribution in [2.45, 2.75) is 18.4 Å². The van der Waals surface area contributed by atoms with Crippen LogP contribution in [0.4, 0.5) is 4.79 Å². The molecule has 0 radical (unpaired) electrons. The highest BCUT2D eigenvalue weighted by Crippen LogP contribution is 2.39. The smallest absolute Gasteiger partial charge is 0.336 e. The van der Waals surface area contributed by atoms with Crippen molar-refractivity contribution in [2.24, 2.45) is 0 Å². The molecule has 4 rings (SSSR count). The number of phenolic OH excluding ortho intramolecular Hbond substituents is 1. The number of rotatable bonds is 7. The third kappa shape index (κ3) is 5.57. The number of aromatic hydroxyl groups is 1. The zero-order valence-electron chi connectivity index (χ0n) is 21.0. The summed E-state index contributed by atoms with van der Waals surface area (Å²) in [6.45, 7) is 2.11. The molecule has 0 saturated heterocycles. The Morgan fingerprint density at radius 3 is 2.32 bits per heavy atom. The van der Waals surface area contributed by atoms with Crippen LogP contribution < -0.4 is 10.1 Å². The monoisotopic (exact) mass is 530 g/mol. The standard InChI is InChI=1S/C29H26N2O6S/c1-17-12-13-23(37-24-15-22(27(33)30-2)26(32)20-9-5-4-8-19(20)24)18(14-17)16-31(3)29(36)38-25-11-7-6-10-21(25)28(34)35/h4-15,32H,16H2,1-3H3,(H,30,33)(H,34,35). The Balaban J connectivity index is 1.65. The van der Waals surface area contributed by atoms with E-state index in [0.29, 0.717) is 32.7 Å². The van der Waals surface area contributed by atoms with Crippen LogP contribution in [0.5, 0.6) is 17.2 Å². The van der Waals surface area contributed by atoms with Crippen LogP contribution in [0.3, 0.4) is 0 Å². The number of aryl methyl sites for hydroxylation is 1. The van der Waals surface area contributed by atoms with E-state index in [1.165, 1.54) is 24.1 Å². The molecule has 0 spiro atoms. The summed E-state index contributed by atoms with van der Waals surface area (Å²) in [5.74, 6) is -0.840. The number of carboxylic acids is 1. The van der Waals surface area contributed by atoms with Crippen molar-refractivity contribution in [3.05, 3.63) is 95.1 Å². The highest BCUT2D eigenvalue weighted by molar-refractivity contribution is 8.13. The van der Waals surface area contributed by atoms with Gasteiger partial charge in [0.15, 0.2) is 0 Å². The third-order valence-corrected chi connectivity index (χ3v) is 6.98. The fourth-order valence-corrected chi connectivity index (χ4v) is 4.81. The zero-order valence-corrected chi connectivity index (χ0v) is 21.8. The molecule has 0 saturated carbocycles. The van der Waals surface area contributed by atoms with Gasteiger partial charge in [-0.2, -0.15) is 0 Å². The molecule has 0 fully saturated rings. The van der Waals surface area contributed by atoms with Crippen molar-refractivity contribution in [3.63, 3.8) is 0 Å². The summed E-state index contributed by atoms with van der Waals surface area (Å²) in [7, 11) is 3.11. The molecule has 0 bridgehead atoms. The predicted octanol–water partition coefficient (Wildman–Crippen LogP) is 6.05. The van der Waals surface area contributed by atoms with Crippen LogP contribution in [0.1, 0.15) is 31.8 Å². The van der Waals surface area contributed by atoms with Crippen LogP contribution in [0.25, 0.3) is 10.8 Å². The third-order valence-electron chi connectivity index (χ3n) is 5.92. The average Bonchev–Trinajstić information content (AvgIpc) is 2.91. The summed E-state index contributed by atoms with van der Waals surface area (Å²) in [5, 5.41) is 23.4. The van der Waals surface area contributed by atoms with Gasteiger partial charge in [0.2, 0.25) is 0 Å². The van der Waals surface area contributed by atoms with Gasteiger partial charge >= 0.3 is 5.97 Å². The molecule has 0 aliphatic rings. The molecule has 194 valence electrons. The van der Waals surface area contributed by atoms with Gasteiger partial charge in [-0.15, -0.1) is 0 Å². The fourth-order valence-electron chi connectivity index (χ4n) is 3.99. The summed E-state index contributed by atoms with van der Waals surface area (Å²) in [4.78, 5) is 38.8. The first-order chi connectivity index (χ1) is 18.2. The Hall–Kier alpha value is -4.50. The van der Waals surface area contributed by atoms with Crippen molar-refractivity contribution >= 4 is 39.7 Å². The summed E-state index contributed by atoms with van der Waals surface area (Å²) >= 11 is 0.844. The molecule has 4 aromatic rings. The number of hydrogen-bond donors (Lipinski definition) is 3. The van der Waals surface area contributed by atoms with Gasteiger partial charge in [0.25, 0.3) is 11.1 Å². The van der Waals surface area contributed by atoms with Crippen LogP contribution in [0.15, 0.2) is 77.7 Å². The average molecular weight is 531 g/mol. The van der Waals surface area contributed by atoms with Gasteiger partial charge in [-0.1, -0.05) is 54.1 Å². The van der Waals surface area contributed by atoms with Gasteiger partial charge in [-0.3, -0.25) is 9.59 Å². The highest BCUT2D eigenvalue weighted by atomic mass is 32.2. The number of carboxylic acid groups (broad SMARTS) is 1. The summed E-state index contributed by atoms with van der Waals surface area (Å²) in [6, 6.07) is 20.5. The molecule has 3 N–H and O–H groups in total. The van der Waals surface area contributed by atoms with E-state index in [9.17, 15) is 24.6 Å². The first kappa shape index (κ1) is 26.6. The molecule has 0 aromatic heterocycles. The van der Waals surface area contributed by atoms with Crippen molar-refractivity contribution in [3.8, 4) is 17.2 Å². The van der Waals surface area contributed by atoms with E-state index in [1.54, 1.807) is 49.5 Å². The van der Waals surface area contributed by atoms with E-state index in [1.807, 2.05) is 25.1 Å². The van der Waals surface area contributed by atoms with Gasteiger partial charge in [0.05, 0.1) is 11.1 Å². The lowest BCUT2D eigenvalue weighted by Crippen LogP contribution is -2.22. The maximum absolute atomic E-state index is 13.0. The fraction of sp³-hybridized carbons (Fsp3) is 0.138. The number of benzene rings is 4. The summed E-state index contributed by atoms with van der Waals surface area (Å²) in [5.41, 5.74) is 1.81. The first-order valence-corrected chi connectivity index (χ1v) is 12.5. The van der Waals surface area contributed by atoms with Gasteiger partial charge < -0.3 is 25.2 Å². The molecular weight excluding hydrogens is 504 g/mol. The number of fused-ring (bicyclic) bond motifs is 1. The molecule has 0 aliphatic heterocycles. The van der Waals surface area contributed by atoms with Crippen molar-refractivity contribution in [2.75, 3.05) is 14.1 Å². The van der Waals surface area contributed by atoms with E-state index in [-0.39, 0.29) is 28.7 Å². The molecular formula is C29H26N2O6S. The Morgan fingerprint density at radius 1 is 0.921 bits per heavy atom. The van der Waals surface area contributed by atoms with Gasteiger partial charge in [-0.25, -0.2) is 4.79 Å². The maximum atomic E-state index is 13.0. The van der Waals surface area contributed by atoms with E-state index < -0.39 is 11.9 Å². The molecule has 4 aromatic carbocycles. The number of carbonyl (C=O) groups is 3. The van der Waals surface area contributed by atoms with Crippen molar-refractivity contribution in [1.29, 1.82) is 0 Å². The first-order valence-electron chi connectivity index (χ1n) is 11.7. The van der Waals surface area contributed by atoms with Crippen LogP contribution >= 0.6 is 11.8 Å². The number of amides is 2. The lowest BCUT2D eigenvalue weighted by molar-refractivity contribution is 0.0693. The molecule has 0 aliphatic carbocycles. The van der Waals surface area contributed by atoms with Crippen LogP contribution in [0, 0.1) is 6.92 Å². The zero-order chi connectivity index (χ0) is 27.4. The highest BCUT2D eigenvalue weighted by Gasteiger charge is 2.20. The largest absolute Gasteiger partial charge is 0.506 e.